The van der Waals surface area contributed by atoms with Crippen LogP contribution in [0.4, 0.5) is 10.1 Å². The molecule has 0 bridgehead atoms. The number of nitrogens with zero attached hydrogens (tertiary/aromatic N) is 2. The van der Waals surface area contributed by atoms with Crippen LogP contribution in [0.1, 0.15) is 21.5 Å². The molecule has 0 aromatic heterocycles. The summed E-state index contributed by atoms with van der Waals surface area (Å²) in [4.78, 5) is 22.4. The standard InChI is InChI=1S/C22H17BrFN3O5/c1-31-20-10-14(9-18(23)21(20)32-13-16-5-2-3-8-19(16)24)12-25-26-22(28)15-6-4-7-17(11-15)27(29)30/h2-12H,13H2,1H3,(H,26,28)/b25-12-. The van der Waals surface area contributed by atoms with E-state index in [2.05, 4.69) is 26.5 Å². The zero-order valence-corrected chi connectivity index (χ0v) is 18.3. The van der Waals surface area contributed by atoms with Crippen LogP contribution in [0.2, 0.25) is 0 Å². The van der Waals surface area contributed by atoms with E-state index in [1.807, 2.05) is 0 Å². The Balaban J connectivity index is 1.70. The van der Waals surface area contributed by atoms with Crippen LogP contribution in [0.15, 0.2) is 70.2 Å². The van der Waals surface area contributed by atoms with Gasteiger partial charge < -0.3 is 9.47 Å². The third kappa shape index (κ3) is 5.67. The first kappa shape index (κ1) is 22.9. The number of carbonyl (C=O) groups excluding carboxylic acids is 1. The van der Waals surface area contributed by atoms with Gasteiger partial charge in [-0.25, -0.2) is 9.82 Å². The molecule has 0 saturated heterocycles. The molecule has 0 heterocycles. The van der Waals surface area contributed by atoms with E-state index >= 15 is 0 Å². The van der Waals surface area contributed by atoms with Crippen molar-refractivity contribution in [1.29, 1.82) is 0 Å². The van der Waals surface area contributed by atoms with Gasteiger partial charge in [0, 0.05) is 23.3 Å². The number of hydrogen-bond donors (Lipinski definition) is 1. The Kier molecular flexibility index (Phi) is 7.50. The van der Waals surface area contributed by atoms with Crippen molar-refractivity contribution in [3.63, 3.8) is 0 Å². The summed E-state index contributed by atoms with van der Waals surface area (Å²) in [6, 6.07) is 14.9. The van der Waals surface area contributed by atoms with Gasteiger partial charge in [0.1, 0.15) is 12.4 Å². The molecule has 3 rings (SSSR count). The summed E-state index contributed by atoms with van der Waals surface area (Å²) in [6.07, 6.45) is 1.38. The van der Waals surface area contributed by atoms with Gasteiger partial charge in [-0.05, 0) is 45.8 Å². The van der Waals surface area contributed by atoms with E-state index in [1.54, 1.807) is 30.3 Å². The molecule has 164 valence electrons. The number of hydrogen-bond acceptors (Lipinski definition) is 6. The highest BCUT2D eigenvalue weighted by Crippen LogP contribution is 2.37. The quantitative estimate of drug-likeness (QED) is 0.270. The van der Waals surface area contributed by atoms with Gasteiger partial charge in [-0.3, -0.25) is 14.9 Å². The molecule has 10 heteroatoms. The molecule has 8 nitrogen and oxygen atoms in total. The lowest BCUT2D eigenvalue weighted by Gasteiger charge is -2.14. The second-order valence-corrected chi connectivity index (χ2v) is 7.28. The minimum absolute atomic E-state index is 0.00827. The molecule has 32 heavy (non-hydrogen) atoms. The molecule has 0 aliphatic carbocycles. The molecule has 0 atom stereocenters. The molecular formula is C22H17BrFN3O5. The SMILES string of the molecule is COc1cc(/C=N\NC(=O)c2cccc([N+](=O)[O-])c2)cc(Br)c1OCc1ccccc1F. The number of halogens is 2. The van der Waals surface area contributed by atoms with Crippen molar-refractivity contribution in [2.24, 2.45) is 5.10 Å². The van der Waals surface area contributed by atoms with Crippen molar-refractivity contribution in [3.05, 3.63) is 97.8 Å². The van der Waals surface area contributed by atoms with E-state index in [4.69, 9.17) is 9.47 Å². The van der Waals surface area contributed by atoms with Crippen LogP contribution < -0.4 is 14.9 Å². The predicted molar refractivity (Wildman–Crippen MR) is 120 cm³/mol. The van der Waals surface area contributed by atoms with Crippen molar-refractivity contribution >= 4 is 33.7 Å². The normalized spacial score (nSPS) is 10.7. The Morgan fingerprint density at radius 2 is 2.00 bits per heavy atom. The summed E-state index contributed by atoms with van der Waals surface area (Å²) in [5.41, 5.74) is 3.20. The number of methoxy groups -OCH3 is 1. The van der Waals surface area contributed by atoms with Gasteiger partial charge in [0.2, 0.25) is 0 Å². The summed E-state index contributed by atoms with van der Waals surface area (Å²) < 4.78 is 25.4. The van der Waals surface area contributed by atoms with Crippen LogP contribution in [0.25, 0.3) is 0 Å². The zero-order chi connectivity index (χ0) is 23.1. The van der Waals surface area contributed by atoms with Crippen LogP contribution in [0.3, 0.4) is 0 Å². The molecule has 0 aliphatic rings. The van der Waals surface area contributed by atoms with Crippen LogP contribution in [0, 0.1) is 15.9 Å². The maximum atomic E-state index is 13.8. The lowest BCUT2D eigenvalue weighted by atomic mass is 10.2. The van der Waals surface area contributed by atoms with Gasteiger partial charge in [-0.2, -0.15) is 5.10 Å². The van der Waals surface area contributed by atoms with Crippen LogP contribution in [-0.4, -0.2) is 24.2 Å². The van der Waals surface area contributed by atoms with Crippen molar-refractivity contribution in [2.45, 2.75) is 6.61 Å². The molecule has 0 saturated carbocycles. The van der Waals surface area contributed by atoms with Gasteiger partial charge >= 0.3 is 0 Å². The lowest BCUT2D eigenvalue weighted by molar-refractivity contribution is -0.384. The number of nitrogens with one attached hydrogen (secondary N) is 1. The van der Waals surface area contributed by atoms with Crippen molar-refractivity contribution in [3.8, 4) is 11.5 Å². The van der Waals surface area contributed by atoms with Gasteiger partial charge in [0.15, 0.2) is 11.5 Å². The number of carbonyl (C=O) groups is 1. The Labute approximate surface area is 190 Å². The number of amides is 1. The largest absolute Gasteiger partial charge is 0.493 e. The molecule has 3 aromatic carbocycles. The third-order valence-corrected chi connectivity index (χ3v) is 4.87. The van der Waals surface area contributed by atoms with Gasteiger partial charge in [0.05, 0.1) is 22.7 Å². The van der Waals surface area contributed by atoms with Crippen molar-refractivity contribution in [1.82, 2.24) is 5.43 Å². The molecule has 3 aromatic rings. The highest BCUT2D eigenvalue weighted by Gasteiger charge is 2.13. The minimum Gasteiger partial charge on any atom is -0.493 e. The zero-order valence-electron chi connectivity index (χ0n) is 16.7. The number of ether oxygens (including phenoxy) is 2. The second kappa shape index (κ2) is 10.5. The molecule has 0 radical (unpaired) electrons. The van der Waals surface area contributed by atoms with Crippen LogP contribution in [0.5, 0.6) is 11.5 Å². The van der Waals surface area contributed by atoms with E-state index in [0.29, 0.717) is 27.1 Å². The van der Waals surface area contributed by atoms with E-state index in [1.165, 1.54) is 37.6 Å². The van der Waals surface area contributed by atoms with Crippen molar-refractivity contribution in [2.75, 3.05) is 7.11 Å². The molecule has 1 amide bonds. The lowest BCUT2D eigenvalue weighted by Crippen LogP contribution is -2.17. The van der Waals surface area contributed by atoms with E-state index in [-0.39, 0.29) is 23.7 Å². The molecule has 0 spiro atoms. The van der Waals surface area contributed by atoms with Gasteiger partial charge in [0.25, 0.3) is 11.6 Å². The molecule has 0 aliphatic heterocycles. The molecular weight excluding hydrogens is 485 g/mol. The predicted octanol–water partition coefficient (Wildman–Crippen LogP) is 4.85. The number of rotatable bonds is 8. The maximum Gasteiger partial charge on any atom is 0.271 e. The topological polar surface area (TPSA) is 103 Å². The number of non-ortho nitro benzene ring substituents is 1. The monoisotopic (exact) mass is 501 g/mol. The second-order valence-electron chi connectivity index (χ2n) is 6.42. The smallest absolute Gasteiger partial charge is 0.271 e. The average molecular weight is 502 g/mol. The summed E-state index contributed by atoms with van der Waals surface area (Å²) in [5.74, 6) is -0.206. The molecule has 0 fully saturated rings. The first-order valence-corrected chi connectivity index (χ1v) is 10.00. The average Bonchev–Trinajstić information content (AvgIpc) is 2.79. The highest BCUT2D eigenvalue weighted by atomic mass is 79.9. The maximum absolute atomic E-state index is 13.8. The summed E-state index contributed by atoms with van der Waals surface area (Å²) >= 11 is 3.40. The summed E-state index contributed by atoms with van der Waals surface area (Å²) in [7, 11) is 1.46. The fourth-order valence-corrected chi connectivity index (χ4v) is 3.28. The fraction of sp³-hybridized carbons (Fsp3) is 0.0909. The number of hydrazone groups is 1. The third-order valence-electron chi connectivity index (χ3n) is 4.28. The van der Waals surface area contributed by atoms with Gasteiger partial charge in [-0.1, -0.05) is 24.3 Å². The Morgan fingerprint density at radius 3 is 2.72 bits per heavy atom. The molecule has 0 unspecified atom stereocenters. The van der Waals surface area contributed by atoms with Crippen LogP contribution in [-0.2, 0) is 6.61 Å². The van der Waals surface area contributed by atoms with E-state index in [9.17, 15) is 19.3 Å². The number of nitro groups is 1. The Hall–Kier alpha value is -3.79. The van der Waals surface area contributed by atoms with E-state index < -0.39 is 10.8 Å². The number of benzene rings is 3. The summed E-state index contributed by atoms with van der Waals surface area (Å²) in [6.45, 7) is 0.00827. The van der Waals surface area contributed by atoms with Crippen LogP contribution >= 0.6 is 15.9 Å². The highest BCUT2D eigenvalue weighted by molar-refractivity contribution is 9.10. The first-order valence-electron chi connectivity index (χ1n) is 9.20. The first-order chi connectivity index (χ1) is 15.4. The van der Waals surface area contributed by atoms with Crippen molar-refractivity contribution < 1.29 is 23.6 Å². The molecule has 1 N–H and O–H groups in total. The Bertz CT molecular complexity index is 1190. The Morgan fingerprint density at radius 1 is 1.22 bits per heavy atom. The van der Waals surface area contributed by atoms with E-state index in [0.717, 1.165) is 6.07 Å². The number of nitro benzene ring substituents is 1. The fourth-order valence-electron chi connectivity index (χ4n) is 2.71. The van der Waals surface area contributed by atoms with Gasteiger partial charge in [-0.15, -0.1) is 0 Å². The summed E-state index contributed by atoms with van der Waals surface area (Å²) in [5, 5.41) is 14.7. The minimum atomic E-state index is -0.596.